The van der Waals surface area contributed by atoms with Crippen LogP contribution in [0, 0.1) is 12.8 Å². The maximum absolute atomic E-state index is 13.5. The van der Waals surface area contributed by atoms with Gasteiger partial charge in [0.05, 0.1) is 17.3 Å². The number of rotatable bonds is 12. The summed E-state index contributed by atoms with van der Waals surface area (Å²) in [4.78, 5) is 44.2. The zero-order chi connectivity index (χ0) is 31.7. The van der Waals surface area contributed by atoms with Gasteiger partial charge in [0.2, 0.25) is 5.62 Å². The van der Waals surface area contributed by atoms with Gasteiger partial charge in [0, 0.05) is 56.0 Å². The third-order valence-electron chi connectivity index (χ3n) is 7.45. The first kappa shape index (κ1) is 33.8. The van der Waals surface area contributed by atoms with E-state index < -0.39 is 5.60 Å². The SMILES string of the molecule is CCC/C=C(\C)N=c1nc(C)c(NC(=O)N2CCc3c(N(CCC)CCC(CC)C(=O)OC(C)(C)C)ccnc32)cn1C. The molecule has 1 atom stereocenters. The standard InChI is InChI=1S/C33H51N7O3/c1-10-13-14-23(4)35-31-36-24(5)27(22-38(31)9)37-32(42)40-21-17-26-28(15-18-34-29(26)40)39(19-11-2)20-16-25(12-3)30(41)43-33(6,7)8/h14-15,18,22,25H,10-13,16-17,19-21H2,1-9H3,(H,37,42)/b23-14+,35-31?. The highest BCUT2D eigenvalue weighted by Gasteiger charge is 2.31. The molecule has 0 radical (unpaired) electrons. The van der Waals surface area contributed by atoms with Crippen molar-refractivity contribution >= 4 is 29.2 Å². The Balaban J connectivity index is 1.79. The molecule has 0 aliphatic carbocycles. The van der Waals surface area contributed by atoms with E-state index in [1.165, 1.54) is 0 Å². The summed E-state index contributed by atoms with van der Waals surface area (Å²) in [6.45, 7) is 18.0. The van der Waals surface area contributed by atoms with Crippen LogP contribution in [-0.2, 0) is 23.0 Å². The second-order valence-electron chi connectivity index (χ2n) is 12.3. The van der Waals surface area contributed by atoms with Crippen LogP contribution in [-0.4, -0.2) is 51.8 Å². The number of fused-ring (bicyclic) bond motifs is 1. The van der Waals surface area contributed by atoms with Crippen LogP contribution < -0.4 is 20.7 Å². The summed E-state index contributed by atoms with van der Waals surface area (Å²) in [5, 5.41) is 3.04. The molecule has 10 heteroatoms. The van der Waals surface area contributed by atoms with Crippen LogP contribution in [0.25, 0.3) is 0 Å². The minimum Gasteiger partial charge on any atom is -0.460 e. The van der Waals surface area contributed by atoms with Crippen LogP contribution in [0.1, 0.15) is 91.8 Å². The van der Waals surface area contributed by atoms with Gasteiger partial charge in [0.1, 0.15) is 11.4 Å². The number of anilines is 3. The molecule has 1 aliphatic rings. The van der Waals surface area contributed by atoms with Crippen LogP contribution in [0.3, 0.4) is 0 Å². The summed E-state index contributed by atoms with van der Waals surface area (Å²) < 4.78 is 7.50. The number of allylic oxidation sites excluding steroid dienone is 2. The Morgan fingerprint density at radius 1 is 1.21 bits per heavy atom. The van der Waals surface area contributed by atoms with Gasteiger partial charge in [-0.05, 0) is 72.8 Å². The van der Waals surface area contributed by atoms with E-state index in [0.717, 1.165) is 55.7 Å². The average Bonchev–Trinajstić information content (AvgIpc) is 3.38. The number of nitrogens with zero attached hydrogens (tertiary/aromatic N) is 6. The predicted molar refractivity (Wildman–Crippen MR) is 173 cm³/mol. The van der Waals surface area contributed by atoms with Crippen molar-refractivity contribution in [2.45, 2.75) is 99.5 Å². The molecule has 1 N–H and O–H groups in total. The van der Waals surface area contributed by atoms with E-state index >= 15 is 0 Å². The number of unbranched alkanes of at least 4 members (excludes halogenated alkanes) is 1. The molecule has 0 saturated heterocycles. The van der Waals surface area contributed by atoms with Crippen molar-refractivity contribution in [1.82, 2.24) is 14.5 Å². The fraction of sp³-hybridized carbons (Fsp3) is 0.606. The lowest BCUT2D eigenvalue weighted by molar-refractivity contribution is -0.160. The molecule has 3 heterocycles. The van der Waals surface area contributed by atoms with Crippen molar-refractivity contribution in [2.75, 3.05) is 34.8 Å². The third-order valence-corrected chi connectivity index (χ3v) is 7.45. The van der Waals surface area contributed by atoms with E-state index in [-0.39, 0.29) is 17.9 Å². The molecule has 1 unspecified atom stereocenters. The monoisotopic (exact) mass is 593 g/mol. The van der Waals surface area contributed by atoms with E-state index in [2.05, 4.69) is 45.1 Å². The number of esters is 1. The smallest absolute Gasteiger partial charge is 0.327 e. The Hall–Kier alpha value is -3.69. The number of aromatic nitrogens is 3. The first-order valence-electron chi connectivity index (χ1n) is 15.7. The summed E-state index contributed by atoms with van der Waals surface area (Å²) >= 11 is 0. The van der Waals surface area contributed by atoms with Gasteiger partial charge >= 0.3 is 12.0 Å². The number of carbonyl (C=O) groups is 2. The number of amides is 2. The largest absolute Gasteiger partial charge is 0.460 e. The molecule has 0 saturated carbocycles. The number of hydrogen-bond acceptors (Lipinski definition) is 7. The molecule has 10 nitrogen and oxygen atoms in total. The lowest BCUT2D eigenvalue weighted by Gasteiger charge is -2.29. The van der Waals surface area contributed by atoms with Gasteiger partial charge < -0.3 is 19.5 Å². The van der Waals surface area contributed by atoms with Gasteiger partial charge in [-0.25, -0.2) is 19.8 Å². The van der Waals surface area contributed by atoms with Crippen molar-refractivity contribution in [3.8, 4) is 0 Å². The minimum absolute atomic E-state index is 0.141. The van der Waals surface area contributed by atoms with Gasteiger partial charge in [-0.2, -0.15) is 0 Å². The molecule has 0 aromatic carbocycles. The number of nitrogens with one attached hydrogen (secondary N) is 1. The number of hydrogen-bond donors (Lipinski definition) is 1. The van der Waals surface area contributed by atoms with E-state index in [4.69, 9.17) is 4.74 Å². The summed E-state index contributed by atoms with van der Waals surface area (Å²) in [7, 11) is 1.88. The molecule has 2 aromatic rings. The minimum atomic E-state index is -0.502. The van der Waals surface area contributed by atoms with Crippen molar-refractivity contribution in [3.63, 3.8) is 0 Å². The highest BCUT2D eigenvalue weighted by Crippen LogP contribution is 2.35. The molecule has 1 aliphatic heterocycles. The predicted octanol–water partition coefficient (Wildman–Crippen LogP) is 6.30. The first-order chi connectivity index (χ1) is 20.4. The Kier molecular flexibility index (Phi) is 11.9. The summed E-state index contributed by atoms with van der Waals surface area (Å²) in [6, 6.07) is 1.78. The maximum Gasteiger partial charge on any atom is 0.327 e. The van der Waals surface area contributed by atoms with E-state index in [9.17, 15) is 9.59 Å². The van der Waals surface area contributed by atoms with Crippen molar-refractivity contribution in [1.29, 1.82) is 0 Å². The number of urea groups is 1. The van der Waals surface area contributed by atoms with Crippen LogP contribution in [0.5, 0.6) is 0 Å². The fourth-order valence-electron chi connectivity index (χ4n) is 5.18. The van der Waals surface area contributed by atoms with Crippen molar-refractivity contribution in [3.05, 3.63) is 47.1 Å². The van der Waals surface area contributed by atoms with Gasteiger partial charge in [0.15, 0.2) is 0 Å². The summed E-state index contributed by atoms with van der Waals surface area (Å²) in [6.07, 6.45) is 10.9. The maximum atomic E-state index is 13.5. The number of ether oxygens (including phenoxy) is 1. The number of pyridine rings is 1. The van der Waals surface area contributed by atoms with Crippen LogP contribution in [0.2, 0.25) is 0 Å². The molecule has 3 rings (SSSR count). The third kappa shape index (κ3) is 9.15. The molecular weight excluding hydrogens is 542 g/mol. The molecule has 0 bridgehead atoms. The topological polar surface area (TPSA) is 105 Å². The lowest BCUT2D eigenvalue weighted by atomic mass is 10.0. The summed E-state index contributed by atoms with van der Waals surface area (Å²) in [5.41, 5.74) is 4.46. The molecule has 43 heavy (non-hydrogen) atoms. The molecule has 0 spiro atoms. The zero-order valence-corrected chi connectivity index (χ0v) is 27.7. The van der Waals surface area contributed by atoms with Gasteiger partial charge in [-0.1, -0.05) is 33.3 Å². The molecule has 2 aromatic heterocycles. The van der Waals surface area contributed by atoms with Crippen LogP contribution >= 0.6 is 0 Å². The highest BCUT2D eigenvalue weighted by molar-refractivity contribution is 6.03. The van der Waals surface area contributed by atoms with Gasteiger partial charge in [-0.15, -0.1) is 0 Å². The van der Waals surface area contributed by atoms with Crippen molar-refractivity contribution in [2.24, 2.45) is 18.0 Å². The number of carbonyl (C=O) groups excluding carboxylic acids is 2. The van der Waals surface area contributed by atoms with Gasteiger partial charge in [0.25, 0.3) is 0 Å². The first-order valence-corrected chi connectivity index (χ1v) is 15.7. The van der Waals surface area contributed by atoms with E-state index in [0.29, 0.717) is 42.2 Å². The zero-order valence-electron chi connectivity index (χ0n) is 27.7. The van der Waals surface area contributed by atoms with Crippen molar-refractivity contribution < 1.29 is 14.3 Å². The van der Waals surface area contributed by atoms with E-state index in [1.807, 2.05) is 65.4 Å². The van der Waals surface area contributed by atoms with E-state index in [1.54, 1.807) is 11.1 Å². The molecule has 0 fully saturated rings. The number of aryl methyl sites for hydroxylation is 2. The second kappa shape index (κ2) is 15.2. The van der Waals surface area contributed by atoms with Crippen LogP contribution in [0.4, 0.5) is 22.0 Å². The summed E-state index contributed by atoms with van der Waals surface area (Å²) in [5.74, 6) is 0.371. The molecule has 236 valence electrons. The Morgan fingerprint density at radius 2 is 1.95 bits per heavy atom. The quantitative estimate of drug-likeness (QED) is 0.290. The Labute approximate surface area is 257 Å². The molecule has 2 amide bonds. The Bertz CT molecular complexity index is 1370. The van der Waals surface area contributed by atoms with Crippen LogP contribution in [0.15, 0.2) is 35.2 Å². The van der Waals surface area contributed by atoms with Gasteiger partial charge in [-0.3, -0.25) is 9.69 Å². The normalized spacial score (nSPS) is 14.5. The fourth-order valence-corrected chi connectivity index (χ4v) is 5.18. The lowest BCUT2D eigenvalue weighted by Crippen LogP contribution is -2.35. The molecular formula is C33H51N7O3. The average molecular weight is 594 g/mol. The Morgan fingerprint density at radius 3 is 2.60 bits per heavy atom. The highest BCUT2D eigenvalue weighted by atomic mass is 16.6. The second-order valence-corrected chi connectivity index (χ2v) is 12.3.